The van der Waals surface area contributed by atoms with E-state index >= 15 is 0 Å². The maximum absolute atomic E-state index is 12.7. The Bertz CT molecular complexity index is 1580. The fourth-order valence-electron chi connectivity index (χ4n) is 5.44. The minimum atomic E-state index is -0.00611. The van der Waals surface area contributed by atoms with Crippen LogP contribution in [0.5, 0.6) is 0 Å². The molecule has 0 radical (unpaired) electrons. The van der Waals surface area contributed by atoms with Gasteiger partial charge in [-0.05, 0) is 24.1 Å². The number of morpholine rings is 1. The first-order valence-electron chi connectivity index (χ1n) is 14.3. The van der Waals surface area contributed by atoms with Crippen molar-refractivity contribution in [3.63, 3.8) is 0 Å². The first kappa shape index (κ1) is 27.5. The Morgan fingerprint density at radius 3 is 2.66 bits per heavy atom. The summed E-state index contributed by atoms with van der Waals surface area (Å²) >= 11 is 1.75. The van der Waals surface area contributed by atoms with Gasteiger partial charge in [-0.1, -0.05) is 25.6 Å². The fraction of sp³-hybridized carbons (Fsp3) is 0.433. The second-order valence-corrected chi connectivity index (χ2v) is 11.7. The van der Waals surface area contributed by atoms with Crippen LogP contribution in [0.1, 0.15) is 31.1 Å². The van der Waals surface area contributed by atoms with Gasteiger partial charge in [-0.2, -0.15) is 5.10 Å². The second-order valence-electron chi connectivity index (χ2n) is 10.6. The van der Waals surface area contributed by atoms with Gasteiger partial charge in [0.25, 0.3) is 0 Å². The van der Waals surface area contributed by atoms with E-state index in [1.54, 1.807) is 11.3 Å². The third-order valence-corrected chi connectivity index (χ3v) is 9.04. The van der Waals surface area contributed by atoms with Crippen molar-refractivity contribution in [2.75, 3.05) is 57.4 Å². The van der Waals surface area contributed by atoms with Gasteiger partial charge in [0.2, 0.25) is 5.91 Å². The zero-order valence-electron chi connectivity index (χ0n) is 23.4. The van der Waals surface area contributed by atoms with Crippen LogP contribution in [0.4, 0.5) is 5.82 Å². The van der Waals surface area contributed by atoms with Crippen LogP contribution in [0, 0.1) is 0 Å². The van der Waals surface area contributed by atoms with Crippen molar-refractivity contribution in [1.29, 1.82) is 0 Å². The summed E-state index contributed by atoms with van der Waals surface area (Å²) in [4.78, 5) is 42.7. The van der Waals surface area contributed by atoms with Crippen molar-refractivity contribution in [2.45, 2.75) is 32.7 Å². The number of piperazine rings is 1. The van der Waals surface area contributed by atoms with Crippen molar-refractivity contribution in [2.24, 2.45) is 0 Å². The Balaban J connectivity index is 1.19. The number of fused-ring (bicyclic) bond motifs is 2. The predicted octanol–water partition coefficient (Wildman–Crippen LogP) is 4.03. The molecule has 0 bridgehead atoms. The molecule has 0 atom stereocenters. The van der Waals surface area contributed by atoms with E-state index in [2.05, 4.69) is 32.6 Å². The number of hydrogen-bond donors (Lipinski definition) is 1. The summed E-state index contributed by atoms with van der Waals surface area (Å²) in [5, 5.41) is 8.27. The number of ketones is 1. The Labute approximate surface area is 243 Å². The number of hydrogen-bond acceptors (Lipinski definition) is 9. The van der Waals surface area contributed by atoms with Gasteiger partial charge in [-0.15, -0.1) is 11.3 Å². The van der Waals surface area contributed by atoms with E-state index in [-0.39, 0.29) is 24.5 Å². The molecule has 0 aliphatic carbocycles. The van der Waals surface area contributed by atoms with Crippen LogP contribution in [0.2, 0.25) is 0 Å². The molecule has 1 aromatic carbocycles. The number of allylic oxidation sites excluding steroid dienone is 1. The number of nitrogens with zero attached hydrogens (tertiary/aromatic N) is 6. The molecule has 41 heavy (non-hydrogen) atoms. The van der Waals surface area contributed by atoms with E-state index in [0.29, 0.717) is 44.1 Å². The summed E-state index contributed by atoms with van der Waals surface area (Å²) in [6, 6.07) is 8.24. The smallest absolute Gasteiger partial charge is 0.223 e. The Morgan fingerprint density at radius 1 is 1.07 bits per heavy atom. The van der Waals surface area contributed by atoms with Crippen LogP contribution >= 0.6 is 11.3 Å². The van der Waals surface area contributed by atoms with E-state index in [9.17, 15) is 9.59 Å². The van der Waals surface area contributed by atoms with Crippen molar-refractivity contribution in [1.82, 2.24) is 30.0 Å². The van der Waals surface area contributed by atoms with E-state index < -0.39 is 0 Å². The Morgan fingerprint density at radius 2 is 1.88 bits per heavy atom. The number of benzene rings is 1. The molecule has 0 spiro atoms. The number of amides is 1. The molecule has 4 aromatic rings. The first-order chi connectivity index (χ1) is 20.0. The van der Waals surface area contributed by atoms with Crippen LogP contribution in [-0.2, 0) is 20.9 Å². The number of ether oxygens (including phenoxy) is 1. The standard InChI is InChI=1S/C30H35N7O3S/c1-3-20(2)26(38)7-8-27(39)36-11-9-35(10-12-36)19-21-17-25-28(41-21)30(37-13-15-40-16-14-37)33-29(32-25)22-5-4-6-24-23(22)18-31-34-24/h4-6,17-18H,2-3,7-16,19H2,1H3,(H,31,34). The molecule has 2 aliphatic heterocycles. The number of rotatable bonds is 9. The third-order valence-electron chi connectivity index (χ3n) is 7.93. The number of carbonyl (C=O) groups is 2. The number of anilines is 1. The van der Waals surface area contributed by atoms with E-state index in [0.717, 1.165) is 65.2 Å². The molecular formula is C30H35N7O3S. The molecule has 2 saturated heterocycles. The molecule has 214 valence electrons. The number of H-pyrrole nitrogens is 1. The van der Waals surface area contributed by atoms with Crippen molar-refractivity contribution >= 4 is 50.0 Å². The van der Waals surface area contributed by atoms with Crippen molar-refractivity contribution in [3.8, 4) is 11.4 Å². The van der Waals surface area contributed by atoms with E-state index in [4.69, 9.17) is 14.7 Å². The van der Waals surface area contributed by atoms with Crippen LogP contribution in [0.25, 0.3) is 32.5 Å². The number of Topliss-reactive ketones (excluding diaryl/α,β-unsaturated/α-hetero) is 1. The Hall–Kier alpha value is -3.67. The molecular weight excluding hydrogens is 538 g/mol. The summed E-state index contributed by atoms with van der Waals surface area (Å²) in [5.41, 5.74) is 3.46. The van der Waals surface area contributed by atoms with Gasteiger partial charge in [0.05, 0.1) is 35.1 Å². The maximum atomic E-state index is 12.7. The molecule has 3 aromatic heterocycles. The summed E-state index contributed by atoms with van der Waals surface area (Å²) in [6.07, 6.45) is 2.96. The lowest BCUT2D eigenvalue weighted by Crippen LogP contribution is -2.48. The molecule has 6 rings (SSSR count). The molecule has 11 heteroatoms. The number of carbonyl (C=O) groups excluding carboxylic acids is 2. The molecule has 0 saturated carbocycles. The van der Waals surface area contributed by atoms with Crippen LogP contribution in [0.3, 0.4) is 0 Å². The molecule has 1 N–H and O–H groups in total. The lowest BCUT2D eigenvalue weighted by molar-refractivity contribution is -0.134. The topological polar surface area (TPSA) is 108 Å². The van der Waals surface area contributed by atoms with Gasteiger partial charge in [0.1, 0.15) is 0 Å². The molecule has 1 amide bonds. The first-order valence-corrected chi connectivity index (χ1v) is 15.1. The quantitative estimate of drug-likeness (QED) is 0.299. The number of aromatic amines is 1. The van der Waals surface area contributed by atoms with Crippen molar-refractivity contribution < 1.29 is 14.3 Å². The fourth-order valence-corrected chi connectivity index (χ4v) is 6.60. The minimum absolute atomic E-state index is 0.00611. The lowest BCUT2D eigenvalue weighted by atomic mass is 10.1. The molecule has 0 unspecified atom stereocenters. The molecule has 5 heterocycles. The Kier molecular flexibility index (Phi) is 8.09. The molecule has 2 fully saturated rings. The number of nitrogens with one attached hydrogen (secondary N) is 1. The van der Waals surface area contributed by atoms with Crippen LogP contribution < -0.4 is 4.90 Å². The zero-order chi connectivity index (χ0) is 28.3. The van der Waals surface area contributed by atoms with E-state index in [1.165, 1.54) is 4.88 Å². The SMILES string of the molecule is C=C(CC)C(=O)CCC(=O)N1CCN(Cc2cc3nc(-c4cccc5[nH]ncc45)nc(N4CCOCC4)c3s2)CC1. The van der Waals surface area contributed by atoms with Crippen molar-refractivity contribution in [3.05, 3.63) is 47.5 Å². The normalized spacial score (nSPS) is 16.5. The van der Waals surface area contributed by atoms with Gasteiger partial charge < -0.3 is 14.5 Å². The van der Waals surface area contributed by atoms with Gasteiger partial charge in [0, 0.05) is 74.5 Å². The largest absolute Gasteiger partial charge is 0.378 e. The van der Waals surface area contributed by atoms with Crippen LogP contribution in [-0.4, -0.2) is 94.1 Å². The van der Waals surface area contributed by atoms with Gasteiger partial charge in [0.15, 0.2) is 17.4 Å². The summed E-state index contributed by atoms with van der Waals surface area (Å²) in [6.45, 7) is 12.4. The van der Waals surface area contributed by atoms with Gasteiger partial charge in [-0.25, -0.2) is 9.97 Å². The number of aromatic nitrogens is 4. The lowest BCUT2D eigenvalue weighted by Gasteiger charge is -2.34. The minimum Gasteiger partial charge on any atom is -0.378 e. The van der Waals surface area contributed by atoms with Gasteiger partial charge >= 0.3 is 0 Å². The highest BCUT2D eigenvalue weighted by Gasteiger charge is 2.24. The highest BCUT2D eigenvalue weighted by molar-refractivity contribution is 7.19. The van der Waals surface area contributed by atoms with E-state index in [1.807, 2.05) is 36.2 Å². The van der Waals surface area contributed by atoms with Crippen LogP contribution in [0.15, 0.2) is 42.6 Å². The third kappa shape index (κ3) is 5.88. The highest BCUT2D eigenvalue weighted by Crippen LogP contribution is 2.36. The second kappa shape index (κ2) is 12.1. The average Bonchev–Trinajstić information content (AvgIpc) is 3.66. The predicted molar refractivity (Wildman–Crippen MR) is 161 cm³/mol. The number of thiophene rings is 1. The monoisotopic (exact) mass is 573 g/mol. The van der Waals surface area contributed by atoms with Gasteiger partial charge in [-0.3, -0.25) is 19.6 Å². The molecule has 10 nitrogen and oxygen atoms in total. The summed E-state index contributed by atoms with van der Waals surface area (Å²) in [7, 11) is 0. The highest BCUT2D eigenvalue weighted by atomic mass is 32.1. The zero-order valence-corrected chi connectivity index (χ0v) is 24.2. The maximum Gasteiger partial charge on any atom is 0.223 e. The molecule has 2 aliphatic rings. The average molecular weight is 574 g/mol. The summed E-state index contributed by atoms with van der Waals surface area (Å²) in [5.74, 6) is 1.70. The summed E-state index contributed by atoms with van der Waals surface area (Å²) < 4.78 is 6.71.